The molecule has 2 rings (SSSR count). The Kier molecular flexibility index (Phi) is 5.02. The molecule has 2 aliphatic rings. The van der Waals surface area contributed by atoms with Crippen LogP contribution < -0.4 is 5.32 Å². The van der Waals surface area contributed by atoms with Gasteiger partial charge in [0.1, 0.15) is 6.10 Å². The molecule has 0 spiro atoms. The molecule has 3 unspecified atom stereocenters. The van der Waals surface area contributed by atoms with Crippen LogP contribution in [0.5, 0.6) is 0 Å². The number of rotatable bonds is 1. The molecule has 3 atom stereocenters. The van der Waals surface area contributed by atoms with Crippen LogP contribution in [0.4, 0.5) is 0 Å². The van der Waals surface area contributed by atoms with Crippen molar-refractivity contribution in [2.24, 2.45) is 5.92 Å². The van der Waals surface area contributed by atoms with Crippen LogP contribution in [0, 0.1) is 5.92 Å². The lowest BCUT2D eigenvalue weighted by Crippen LogP contribution is -2.50. The third-order valence-corrected chi connectivity index (χ3v) is 3.63. The van der Waals surface area contributed by atoms with Gasteiger partial charge in [-0.3, -0.25) is 4.79 Å². The normalized spacial score (nSPS) is 34.6. The number of ether oxygens (including phenoxy) is 1. The monoisotopic (exact) mass is 248 g/mol. The highest BCUT2D eigenvalue weighted by Gasteiger charge is 2.35. The lowest BCUT2D eigenvalue weighted by molar-refractivity contribution is -0.146. The Morgan fingerprint density at radius 1 is 1.44 bits per heavy atom. The van der Waals surface area contributed by atoms with E-state index in [1.165, 1.54) is 0 Å². The first kappa shape index (κ1) is 13.7. The molecule has 0 bridgehead atoms. The van der Waals surface area contributed by atoms with E-state index in [-0.39, 0.29) is 24.4 Å². The standard InChI is InChI=1S/C11H20N2O2.ClH/c1-8-3-5-13(9(8)2)11(14)10-7-12-4-6-15-10;/h8-10,12H,3-7H2,1-2H3;1H. The number of nitrogens with zero attached hydrogens (tertiary/aromatic N) is 1. The average molecular weight is 249 g/mol. The second kappa shape index (κ2) is 5.84. The van der Waals surface area contributed by atoms with Crippen molar-refractivity contribution < 1.29 is 9.53 Å². The molecule has 0 aromatic heterocycles. The molecule has 0 aromatic rings. The predicted octanol–water partition coefficient (Wildman–Crippen LogP) is 0.653. The maximum Gasteiger partial charge on any atom is 0.253 e. The molecule has 5 heteroatoms. The van der Waals surface area contributed by atoms with Gasteiger partial charge in [-0.25, -0.2) is 0 Å². The Bertz CT molecular complexity index is 244. The quantitative estimate of drug-likeness (QED) is 0.741. The Morgan fingerprint density at radius 2 is 2.19 bits per heavy atom. The zero-order chi connectivity index (χ0) is 10.8. The number of carbonyl (C=O) groups excluding carboxylic acids is 1. The molecule has 1 N–H and O–H groups in total. The number of hydrogen-bond acceptors (Lipinski definition) is 3. The molecular formula is C11H21ClN2O2. The number of morpholine rings is 1. The summed E-state index contributed by atoms with van der Waals surface area (Å²) in [5.41, 5.74) is 0. The summed E-state index contributed by atoms with van der Waals surface area (Å²) in [5.74, 6) is 0.782. The lowest BCUT2D eigenvalue weighted by atomic mass is 10.1. The van der Waals surface area contributed by atoms with Gasteiger partial charge < -0.3 is 15.0 Å². The summed E-state index contributed by atoms with van der Waals surface area (Å²) in [4.78, 5) is 14.1. The van der Waals surface area contributed by atoms with Crippen molar-refractivity contribution in [3.8, 4) is 0 Å². The number of nitrogens with one attached hydrogen (secondary N) is 1. The van der Waals surface area contributed by atoms with E-state index in [1.54, 1.807) is 0 Å². The molecule has 0 aliphatic carbocycles. The molecule has 4 nitrogen and oxygen atoms in total. The van der Waals surface area contributed by atoms with Crippen molar-refractivity contribution in [3.05, 3.63) is 0 Å². The fourth-order valence-corrected chi connectivity index (χ4v) is 2.31. The highest BCUT2D eigenvalue weighted by atomic mass is 35.5. The van der Waals surface area contributed by atoms with Crippen LogP contribution >= 0.6 is 12.4 Å². The van der Waals surface area contributed by atoms with Crippen LogP contribution in [-0.4, -0.2) is 49.2 Å². The number of carbonyl (C=O) groups is 1. The van der Waals surface area contributed by atoms with E-state index in [0.717, 1.165) is 19.5 Å². The van der Waals surface area contributed by atoms with Crippen molar-refractivity contribution in [1.82, 2.24) is 10.2 Å². The van der Waals surface area contributed by atoms with Gasteiger partial charge in [-0.2, -0.15) is 0 Å². The molecule has 0 aromatic carbocycles. The Hall–Kier alpha value is -0.320. The second-order valence-corrected chi connectivity index (χ2v) is 4.60. The van der Waals surface area contributed by atoms with E-state index in [9.17, 15) is 4.79 Å². The number of hydrogen-bond donors (Lipinski definition) is 1. The third kappa shape index (κ3) is 2.67. The molecule has 2 saturated heterocycles. The maximum absolute atomic E-state index is 12.1. The van der Waals surface area contributed by atoms with Crippen LogP contribution in [0.1, 0.15) is 20.3 Å². The molecule has 16 heavy (non-hydrogen) atoms. The van der Waals surface area contributed by atoms with Gasteiger partial charge in [-0.15, -0.1) is 12.4 Å². The molecular weight excluding hydrogens is 228 g/mol. The minimum atomic E-state index is -0.258. The predicted molar refractivity (Wildman–Crippen MR) is 64.8 cm³/mol. The summed E-state index contributed by atoms with van der Waals surface area (Å²) in [6, 6.07) is 0.364. The van der Waals surface area contributed by atoms with Crippen LogP contribution in [0.25, 0.3) is 0 Å². The van der Waals surface area contributed by atoms with E-state index in [2.05, 4.69) is 19.2 Å². The number of likely N-dealkylation sites (tertiary alicyclic amines) is 1. The number of amides is 1. The molecule has 2 heterocycles. The van der Waals surface area contributed by atoms with Crippen molar-refractivity contribution in [1.29, 1.82) is 0 Å². The summed E-state index contributed by atoms with van der Waals surface area (Å²) in [6.45, 7) is 7.39. The highest BCUT2D eigenvalue weighted by Crippen LogP contribution is 2.24. The van der Waals surface area contributed by atoms with Crippen LogP contribution in [0.2, 0.25) is 0 Å². The largest absolute Gasteiger partial charge is 0.366 e. The van der Waals surface area contributed by atoms with Crippen molar-refractivity contribution in [2.45, 2.75) is 32.4 Å². The van der Waals surface area contributed by atoms with Gasteiger partial charge in [-0.05, 0) is 19.3 Å². The lowest BCUT2D eigenvalue weighted by Gasteiger charge is -2.30. The highest BCUT2D eigenvalue weighted by molar-refractivity contribution is 5.85. The topological polar surface area (TPSA) is 41.6 Å². The Morgan fingerprint density at radius 3 is 2.69 bits per heavy atom. The van der Waals surface area contributed by atoms with Gasteiger partial charge in [0, 0.05) is 25.7 Å². The van der Waals surface area contributed by atoms with E-state index >= 15 is 0 Å². The first-order valence-electron chi connectivity index (χ1n) is 5.83. The van der Waals surface area contributed by atoms with Gasteiger partial charge in [0.2, 0.25) is 0 Å². The summed E-state index contributed by atoms with van der Waals surface area (Å²) >= 11 is 0. The molecule has 1 amide bonds. The Balaban J connectivity index is 0.00000128. The van der Waals surface area contributed by atoms with Crippen LogP contribution in [0.3, 0.4) is 0 Å². The minimum Gasteiger partial charge on any atom is -0.366 e. The summed E-state index contributed by atoms with van der Waals surface area (Å²) in [7, 11) is 0. The van der Waals surface area contributed by atoms with Crippen molar-refractivity contribution >= 4 is 18.3 Å². The maximum atomic E-state index is 12.1. The first-order chi connectivity index (χ1) is 7.20. The SMILES string of the molecule is CC1CCN(C(=O)C2CNCCO2)C1C.Cl. The van der Waals surface area contributed by atoms with Crippen molar-refractivity contribution in [3.63, 3.8) is 0 Å². The van der Waals surface area contributed by atoms with Gasteiger partial charge >= 0.3 is 0 Å². The second-order valence-electron chi connectivity index (χ2n) is 4.60. The Labute approximate surface area is 103 Å². The fourth-order valence-electron chi connectivity index (χ4n) is 2.31. The average Bonchev–Trinajstić information content (AvgIpc) is 2.60. The first-order valence-corrected chi connectivity index (χ1v) is 5.83. The minimum absolute atomic E-state index is 0. The van der Waals surface area contributed by atoms with Gasteiger partial charge in [0.15, 0.2) is 0 Å². The molecule has 0 radical (unpaired) electrons. The van der Waals surface area contributed by atoms with E-state index in [4.69, 9.17) is 4.74 Å². The van der Waals surface area contributed by atoms with Crippen LogP contribution in [0.15, 0.2) is 0 Å². The number of halogens is 1. The summed E-state index contributed by atoms with van der Waals surface area (Å²) in [5, 5.41) is 3.19. The fraction of sp³-hybridized carbons (Fsp3) is 0.909. The van der Waals surface area contributed by atoms with Crippen LogP contribution in [-0.2, 0) is 9.53 Å². The third-order valence-electron chi connectivity index (χ3n) is 3.63. The van der Waals surface area contributed by atoms with Gasteiger partial charge in [0.25, 0.3) is 5.91 Å². The van der Waals surface area contributed by atoms with E-state index in [1.807, 2.05) is 4.90 Å². The molecule has 2 fully saturated rings. The summed E-state index contributed by atoms with van der Waals surface area (Å²) in [6.07, 6.45) is 0.860. The zero-order valence-corrected chi connectivity index (χ0v) is 10.8. The van der Waals surface area contributed by atoms with Crippen molar-refractivity contribution in [2.75, 3.05) is 26.2 Å². The van der Waals surface area contributed by atoms with Gasteiger partial charge in [0.05, 0.1) is 6.61 Å². The van der Waals surface area contributed by atoms with E-state index in [0.29, 0.717) is 25.1 Å². The zero-order valence-electron chi connectivity index (χ0n) is 9.94. The molecule has 2 aliphatic heterocycles. The van der Waals surface area contributed by atoms with Gasteiger partial charge in [-0.1, -0.05) is 6.92 Å². The smallest absolute Gasteiger partial charge is 0.253 e. The molecule has 0 saturated carbocycles. The summed E-state index contributed by atoms with van der Waals surface area (Å²) < 4.78 is 5.48. The van der Waals surface area contributed by atoms with E-state index < -0.39 is 0 Å². The molecule has 94 valence electrons.